The molecule has 0 heterocycles. The van der Waals surface area contributed by atoms with Crippen LogP contribution in [0, 0.1) is 11.6 Å². The molecule has 0 radical (unpaired) electrons. The standard InChI is InChI=1S/C13H15F2NO4/c1-20-6-5-16(8-12(18)19)11(17)7-9-3-2-4-10(14)13(9)15/h2-4H,5-8H2,1H3,(H,18,19). The third-order valence-corrected chi connectivity index (χ3v) is 2.62. The Bertz CT molecular complexity index is 493. The number of hydrogen-bond donors (Lipinski definition) is 1. The van der Waals surface area contributed by atoms with Crippen molar-refractivity contribution in [2.24, 2.45) is 0 Å². The van der Waals surface area contributed by atoms with Crippen molar-refractivity contribution in [3.05, 3.63) is 35.4 Å². The highest BCUT2D eigenvalue weighted by atomic mass is 19.2. The van der Waals surface area contributed by atoms with Gasteiger partial charge in [-0.15, -0.1) is 0 Å². The van der Waals surface area contributed by atoms with E-state index in [9.17, 15) is 18.4 Å². The number of benzene rings is 1. The number of rotatable bonds is 7. The molecule has 0 saturated heterocycles. The molecule has 1 N–H and O–H groups in total. The number of methoxy groups -OCH3 is 1. The van der Waals surface area contributed by atoms with E-state index < -0.39 is 36.5 Å². The van der Waals surface area contributed by atoms with Crippen LogP contribution in [0.5, 0.6) is 0 Å². The van der Waals surface area contributed by atoms with Gasteiger partial charge in [-0.25, -0.2) is 8.78 Å². The van der Waals surface area contributed by atoms with Gasteiger partial charge in [-0.3, -0.25) is 9.59 Å². The molecule has 0 unspecified atom stereocenters. The topological polar surface area (TPSA) is 66.8 Å². The highest BCUT2D eigenvalue weighted by Gasteiger charge is 2.19. The van der Waals surface area contributed by atoms with Crippen molar-refractivity contribution in [2.45, 2.75) is 6.42 Å². The van der Waals surface area contributed by atoms with Crippen LogP contribution in [0.1, 0.15) is 5.56 Å². The number of carbonyl (C=O) groups is 2. The minimum absolute atomic E-state index is 0.0680. The fourth-order valence-electron chi connectivity index (χ4n) is 1.62. The maximum atomic E-state index is 13.5. The summed E-state index contributed by atoms with van der Waals surface area (Å²) in [5, 5.41) is 8.73. The number of aliphatic carboxylic acids is 1. The van der Waals surface area contributed by atoms with Gasteiger partial charge in [0.25, 0.3) is 0 Å². The van der Waals surface area contributed by atoms with E-state index in [1.54, 1.807) is 0 Å². The largest absolute Gasteiger partial charge is 0.480 e. The highest BCUT2D eigenvalue weighted by Crippen LogP contribution is 2.13. The summed E-state index contributed by atoms with van der Waals surface area (Å²) in [6.07, 6.45) is -0.402. The zero-order chi connectivity index (χ0) is 15.1. The van der Waals surface area contributed by atoms with Gasteiger partial charge in [0, 0.05) is 19.2 Å². The molecule has 7 heteroatoms. The maximum absolute atomic E-state index is 13.5. The fraction of sp³-hybridized carbons (Fsp3) is 0.385. The van der Waals surface area contributed by atoms with Crippen LogP contribution < -0.4 is 0 Å². The van der Waals surface area contributed by atoms with Crippen molar-refractivity contribution in [3.63, 3.8) is 0 Å². The van der Waals surface area contributed by atoms with Crippen LogP contribution in [0.3, 0.4) is 0 Å². The lowest BCUT2D eigenvalue weighted by Crippen LogP contribution is -2.39. The summed E-state index contributed by atoms with van der Waals surface area (Å²) in [4.78, 5) is 23.6. The van der Waals surface area contributed by atoms with Crippen molar-refractivity contribution in [1.82, 2.24) is 4.90 Å². The predicted octanol–water partition coefficient (Wildman–Crippen LogP) is 1.07. The first-order valence-corrected chi connectivity index (χ1v) is 5.87. The molecular formula is C13H15F2NO4. The van der Waals surface area contributed by atoms with Crippen LogP contribution in [0.15, 0.2) is 18.2 Å². The van der Waals surface area contributed by atoms with E-state index in [0.29, 0.717) is 0 Å². The second kappa shape index (κ2) is 7.54. The Balaban J connectivity index is 2.79. The van der Waals surface area contributed by atoms with Crippen LogP contribution in [-0.2, 0) is 20.7 Å². The second-order valence-corrected chi connectivity index (χ2v) is 4.09. The molecule has 0 bridgehead atoms. The van der Waals surface area contributed by atoms with Gasteiger partial charge in [0.15, 0.2) is 11.6 Å². The minimum atomic E-state index is -1.19. The first-order chi connectivity index (χ1) is 9.45. The first kappa shape index (κ1) is 16.0. The number of carbonyl (C=O) groups excluding carboxylic acids is 1. The summed E-state index contributed by atoms with van der Waals surface area (Å²) in [5.41, 5.74) is -0.109. The second-order valence-electron chi connectivity index (χ2n) is 4.09. The summed E-state index contributed by atoms with van der Waals surface area (Å²) in [6.45, 7) is -0.289. The van der Waals surface area contributed by atoms with Gasteiger partial charge in [-0.1, -0.05) is 12.1 Å². The average Bonchev–Trinajstić information content (AvgIpc) is 2.39. The Morgan fingerprint density at radius 2 is 2.05 bits per heavy atom. The quantitative estimate of drug-likeness (QED) is 0.814. The van der Waals surface area contributed by atoms with Crippen LogP contribution in [0.4, 0.5) is 8.78 Å². The lowest BCUT2D eigenvalue weighted by atomic mass is 10.1. The Hall–Kier alpha value is -2.02. The zero-order valence-corrected chi connectivity index (χ0v) is 10.9. The van der Waals surface area contributed by atoms with E-state index >= 15 is 0 Å². The number of amides is 1. The van der Waals surface area contributed by atoms with Gasteiger partial charge in [-0.2, -0.15) is 0 Å². The van der Waals surface area contributed by atoms with Crippen LogP contribution in [-0.4, -0.2) is 48.7 Å². The van der Waals surface area contributed by atoms with E-state index in [1.807, 2.05) is 0 Å². The number of hydrogen-bond acceptors (Lipinski definition) is 3. The van der Waals surface area contributed by atoms with Gasteiger partial charge < -0.3 is 14.7 Å². The van der Waals surface area contributed by atoms with Crippen molar-refractivity contribution >= 4 is 11.9 Å². The Morgan fingerprint density at radius 3 is 2.65 bits per heavy atom. The van der Waals surface area contributed by atoms with Crippen molar-refractivity contribution in [2.75, 3.05) is 26.8 Å². The molecule has 110 valence electrons. The summed E-state index contributed by atoms with van der Waals surface area (Å²) < 4.78 is 31.3. The molecule has 5 nitrogen and oxygen atoms in total. The molecule has 1 aromatic rings. The SMILES string of the molecule is COCCN(CC(=O)O)C(=O)Cc1cccc(F)c1F. The number of carboxylic acid groups (broad SMARTS) is 1. The highest BCUT2D eigenvalue weighted by molar-refractivity contribution is 5.83. The summed E-state index contributed by atoms with van der Waals surface area (Å²) in [5.74, 6) is -3.93. The van der Waals surface area contributed by atoms with Gasteiger partial charge >= 0.3 is 5.97 Å². The molecule has 0 atom stereocenters. The average molecular weight is 287 g/mol. The van der Waals surface area contributed by atoms with Crippen LogP contribution in [0.2, 0.25) is 0 Å². The molecule has 20 heavy (non-hydrogen) atoms. The lowest BCUT2D eigenvalue weighted by Gasteiger charge is -2.20. The van der Waals surface area contributed by atoms with Crippen molar-refractivity contribution in [3.8, 4) is 0 Å². The molecule has 1 rings (SSSR count). The predicted molar refractivity (Wildman–Crippen MR) is 66.2 cm³/mol. The zero-order valence-electron chi connectivity index (χ0n) is 10.9. The Labute approximate surface area is 114 Å². The van der Waals surface area contributed by atoms with Crippen molar-refractivity contribution < 1.29 is 28.2 Å². The van der Waals surface area contributed by atoms with Gasteiger partial charge in [-0.05, 0) is 6.07 Å². The third kappa shape index (κ3) is 4.58. The fourth-order valence-corrected chi connectivity index (χ4v) is 1.62. The van der Waals surface area contributed by atoms with E-state index in [1.165, 1.54) is 19.2 Å². The smallest absolute Gasteiger partial charge is 0.323 e. The molecule has 1 amide bonds. The Morgan fingerprint density at radius 1 is 1.35 bits per heavy atom. The summed E-state index contributed by atoms with van der Waals surface area (Å²) >= 11 is 0. The number of nitrogens with zero attached hydrogens (tertiary/aromatic N) is 1. The molecule has 0 aliphatic carbocycles. The maximum Gasteiger partial charge on any atom is 0.323 e. The molecule has 1 aromatic carbocycles. The van der Waals surface area contributed by atoms with E-state index in [-0.39, 0.29) is 18.7 Å². The van der Waals surface area contributed by atoms with Crippen molar-refractivity contribution in [1.29, 1.82) is 0 Å². The number of halogens is 2. The molecular weight excluding hydrogens is 272 g/mol. The molecule has 0 aliphatic rings. The molecule has 0 fully saturated rings. The lowest BCUT2D eigenvalue weighted by molar-refractivity contribution is -0.144. The van der Waals surface area contributed by atoms with Crippen LogP contribution >= 0.6 is 0 Å². The summed E-state index contributed by atoms with van der Waals surface area (Å²) in [7, 11) is 1.41. The number of carboxylic acids is 1. The van der Waals surface area contributed by atoms with Gasteiger partial charge in [0.2, 0.25) is 5.91 Å². The molecule has 0 aromatic heterocycles. The monoisotopic (exact) mass is 287 g/mol. The minimum Gasteiger partial charge on any atom is -0.480 e. The molecule has 0 aliphatic heterocycles. The van der Waals surface area contributed by atoms with Crippen LogP contribution in [0.25, 0.3) is 0 Å². The Kier molecular flexibility index (Phi) is 6.05. The third-order valence-electron chi connectivity index (χ3n) is 2.62. The molecule has 0 spiro atoms. The number of ether oxygens (including phenoxy) is 1. The molecule has 0 saturated carbocycles. The van der Waals surface area contributed by atoms with E-state index in [2.05, 4.69) is 0 Å². The summed E-state index contributed by atoms with van der Waals surface area (Å²) in [6, 6.07) is 3.52. The normalized spacial score (nSPS) is 10.3. The van der Waals surface area contributed by atoms with E-state index in [4.69, 9.17) is 9.84 Å². The van der Waals surface area contributed by atoms with Gasteiger partial charge in [0.05, 0.1) is 13.0 Å². The first-order valence-electron chi connectivity index (χ1n) is 5.87. The van der Waals surface area contributed by atoms with E-state index in [0.717, 1.165) is 11.0 Å². The van der Waals surface area contributed by atoms with Gasteiger partial charge in [0.1, 0.15) is 6.54 Å².